The van der Waals surface area contributed by atoms with Crippen LogP contribution in [0.5, 0.6) is 11.5 Å². The van der Waals surface area contributed by atoms with Crippen LogP contribution >= 0.6 is 11.6 Å². The van der Waals surface area contributed by atoms with Crippen molar-refractivity contribution in [2.75, 3.05) is 24.7 Å². The Morgan fingerprint density at radius 3 is 2.79 bits per heavy atom. The van der Waals surface area contributed by atoms with Crippen LogP contribution in [0.1, 0.15) is 21.6 Å². The molecule has 1 N–H and O–H groups in total. The molecule has 0 aliphatic carbocycles. The van der Waals surface area contributed by atoms with Crippen LogP contribution in [0.4, 0.5) is 5.69 Å². The highest BCUT2D eigenvalue weighted by Gasteiger charge is 2.28. The number of Topliss-reactive ketones (excluding diaryl/α,β-unsaturated/α-hetero) is 1. The fourth-order valence-electron chi connectivity index (χ4n) is 3.39. The summed E-state index contributed by atoms with van der Waals surface area (Å²) in [7, 11) is 0. The number of carbonyl (C=O) groups is 3. The predicted molar refractivity (Wildman–Crippen MR) is 126 cm³/mol. The van der Waals surface area contributed by atoms with Gasteiger partial charge >= 0.3 is 0 Å². The van der Waals surface area contributed by atoms with E-state index in [0.29, 0.717) is 33.5 Å². The zero-order valence-corrected chi connectivity index (χ0v) is 19.2. The van der Waals surface area contributed by atoms with Crippen molar-refractivity contribution in [3.05, 3.63) is 82.6 Å². The van der Waals surface area contributed by atoms with E-state index in [2.05, 4.69) is 10.3 Å². The number of aromatic nitrogens is 1. The highest BCUT2D eigenvalue weighted by atomic mass is 35.5. The fraction of sp³-hybridized carbons (Fsp3) is 0.200. The maximum absolute atomic E-state index is 12.8. The van der Waals surface area contributed by atoms with E-state index in [1.54, 1.807) is 42.6 Å². The third-order valence-electron chi connectivity index (χ3n) is 5.16. The summed E-state index contributed by atoms with van der Waals surface area (Å²) in [6.45, 7) is 1.50. The topological polar surface area (TPSA) is 97.8 Å². The third kappa shape index (κ3) is 5.52. The molecular formula is C25H22ClN3O5. The normalized spacial score (nSPS) is 12.5. The number of fused-ring (bicyclic) bond motifs is 1. The Morgan fingerprint density at radius 2 is 2.03 bits per heavy atom. The van der Waals surface area contributed by atoms with E-state index in [0.717, 1.165) is 5.56 Å². The van der Waals surface area contributed by atoms with Gasteiger partial charge in [0.15, 0.2) is 19.0 Å². The smallest absolute Gasteiger partial charge is 0.265 e. The summed E-state index contributed by atoms with van der Waals surface area (Å²) in [5, 5.41) is 3.16. The molecule has 8 nitrogen and oxygen atoms in total. The van der Waals surface area contributed by atoms with Gasteiger partial charge in [-0.15, -0.1) is 0 Å². The second-order valence-electron chi connectivity index (χ2n) is 7.69. The molecule has 34 heavy (non-hydrogen) atoms. The van der Waals surface area contributed by atoms with Crippen LogP contribution in [0, 0.1) is 6.92 Å². The van der Waals surface area contributed by atoms with Crippen molar-refractivity contribution in [2.24, 2.45) is 0 Å². The van der Waals surface area contributed by atoms with Crippen molar-refractivity contribution in [1.29, 1.82) is 0 Å². The first-order chi connectivity index (χ1) is 16.4. The van der Waals surface area contributed by atoms with E-state index < -0.39 is 0 Å². The lowest BCUT2D eigenvalue weighted by molar-refractivity contribution is -0.125. The van der Waals surface area contributed by atoms with Crippen LogP contribution in [0.25, 0.3) is 0 Å². The minimum Gasteiger partial charge on any atom is -0.484 e. The van der Waals surface area contributed by atoms with E-state index in [-0.39, 0.29) is 43.9 Å². The quantitative estimate of drug-likeness (QED) is 0.497. The molecule has 0 unspecified atom stereocenters. The highest BCUT2D eigenvalue weighted by molar-refractivity contribution is 6.32. The number of hydrogen-bond acceptors (Lipinski definition) is 6. The first kappa shape index (κ1) is 23.3. The molecule has 4 rings (SSSR count). The lowest BCUT2D eigenvalue weighted by Crippen LogP contribution is -2.45. The van der Waals surface area contributed by atoms with Gasteiger partial charge < -0.3 is 14.8 Å². The van der Waals surface area contributed by atoms with Gasteiger partial charge in [0.25, 0.3) is 5.91 Å². The largest absolute Gasteiger partial charge is 0.484 e. The lowest BCUT2D eigenvalue weighted by Gasteiger charge is -2.29. The van der Waals surface area contributed by atoms with Gasteiger partial charge in [-0.2, -0.15) is 0 Å². The number of carbonyl (C=O) groups excluding carboxylic acids is 3. The summed E-state index contributed by atoms with van der Waals surface area (Å²) in [6.07, 6.45) is 1.64. The predicted octanol–water partition coefficient (Wildman–Crippen LogP) is 3.35. The number of nitrogens with zero attached hydrogens (tertiary/aromatic N) is 2. The summed E-state index contributed by atoms with van der Waals surface area (Å²) in [5.41, 5.74) is 2.35. The zero-order chi connectivity index (χ0) is 24.1. The van der Waals surface area contributed by atoms with Gasteiger partial charge in [-0.05, 0) is 55.0 Å². The molecule has 0 atom stereocenters. The minimum absolute atomic E-state index is 0.192. The summed E-state index contributed by atoms with van der Waals surface area (Å²) in [4.78, 5) is 43.2. The number of aryl methyl sites for hydroxylation is 1. The number of anilines is 1. The van der Waals surface area contributed by atoms with Gasteiger partial charge in [-0.25, -0.2) is 0 Å². The average molecular weight is 480 g/mol. The molecule has 0 saturated carbocycles. The van der Waals surface area contributed by atoms with Crippen molar-refractivity contribution in [2.45, 2.75) is 13.5 Å². The number of amides is 2. The summed E-state index contributed by atoms with van der Waals surface area (Å²) in [5.74, 6) is -0.231. The fourth-order valence-corrected chi connectivity index (χ4v) is 3.68. The Hall–Kier alpha value is -3.91. The number of halogens is 1. The highest BCUT2D eigenvalue weighted by Crippen LogP contribution is 2.33. The maximum atomic E-state index is 12.8. The molecule has 2 heterocycles. The van der Waals surface area contributed by atoms with Gasteiger partial charge in [0, 0.05) is 11.8 Å². The molecule has 1 aliphatic heterocycles. The van der Waals surface area contributed by atoms with Crippen molar-refractivity contribution in [1.82, 2.24) is 10.3 Å². The minimum atomic E-state index is -0.382. The molecule has 174 valence electrons. The molecule has 2 aromatic carbocycles. The van der Waals surface area contributed by atoms with Gasteiger partial charge in [-0.1, -0.05) is 23.7 Å². The molecule has 0 spiro atoms. The Morgan fingerprint density at radius 1 is 1.18 bits per heavy atom. The van der Waals surface area contributed by atoms with Crippen molar-refractivity contribution < 1.29 is 23.9 Å². The third-order valence-corrected chi connectivity index (χ3v) is 5.46. The molecular weight excluding hydrogens is 458 g/mol. The van der Waals surface area contributed by atoms with E-state index in [1.807, 2.05) is 19.1 Å². The summed E-state index contributed by atoms with van der Waals surface area (Å²) < 4.78 is 11.1. The van der Waals surface area contributed by atoms with Gasteiger partial charge in [0.2, 0.25) is 5.91 Å². The van der Waals surface area contributed by atoms with E-state index in [4.69, 9.17) is 21.1 Å². The van der Waals surface area contributed by atoms with Gasteiger partial charge in [0.05, 0.1) is 22.9 Å². The first-order valence-electron chi connectivity index (χ1n) is 10.6. The standard InChI is InChI=1S/C25H22ClN3O5/c1-16-5-7-22(19(26)10-16)33-14-21(30)17-6-8-23-20(11-17)29(25(32)15-34-23)13-24(31)28-12-18-4-2-3-9-27-18/h2-11H,12-15H2,1H3,(H,28,31). The number of hydrogen-bond donors (Lipinski definition) is 1. The van der Waals surface area contributed by atoms with Crippen molar-refractivity contribution in [3.63, 3.8) is 0 Å². The average Bonchev–Trinajstić information content (AvgIpc) is 2.84. The van der Waals surface area contributed by atoms with Crippen molar-refractivity contribution in [3.8, 4) is 11.5 Å². The monoisotopic (exact) mass is 479 g/mol. The number of nitrogens with one attached hydrogen (secondary N) is 1. The molecule has 1 aliphatic rings. The molecule has 0 radical (unpaired) electrons. The number of benzene rings is 2. The molecule has 1 aromatic heterocycles. The number of rotatable bonds is 8. The van der Waals surface area contributed by atoms with Crippen LogP contribution in [0.2, 0.25) is 5.02 Å². The SMILES string of the molecule is Cc1ccc(OCC(=O)c2ccc3c(c2)N(CC(=O)NCc2ccccn2)C(=O)CO3)c(Cl)c1. The van der Waals surface area contributed by atoms with Crippen LogP contribution < -0.4 is 19.7 Å². The molecule has 2 amide bonds. The van der Waals surface area contributed by atoms with E-state index >= 15 is 0 Å². The first-order valence-corrected chi connectivity index (χ1v) is 10.9. The Kier molecular flexibility index (Phi) is 7.08. The Labute approximate surface area is 201 Å². The zero-order valence-electron chi connectivity index (χ0n) is 18.4. The van der Waals surface area contributed by atoms with Crippen LogP contribution in [-0.4, -0.2) is 42.3 Å². The second kappa shape index (κ2) is 10.4. The molecule has 0 bridgehead atoms. The number of ether oxygens (including phenoxy) is 2. The van der Waals surface area contributed by atoms with Crippen LogP contribution in [0.3, 0.4) is 0 Å². The Balaban J connectivity index is 1.44. The van der Waals surface area contributed by atoms with Gasteiger partial charge in [-0.3, -0.25) is 24.3 Å². The Bertz CT molecular complexity index is 1230. The molecule has 3 aromatic rings. The molecule has 0 fully saturated rings. The maximum Gasteiger partial charge on any atom is 0.265 e. The van der Waals surface area contributed by atoms with Gasteiger partial charge in [0.1, 0.15) is 18.0 Å². The second-order valence-corrected chi connectivity index (χ2v) is 8.10. The van der Waals surface area contributed by atoms with E-state index in [9.17, 15) is 14.4 Å². The van der Waals surface area contributed by atoms with Crippen molar-refractivity contribution >= 4 is 34.9 Å². The van der Waals surface area contributed by atoms with E-state index in [1.165, 1.54) is 11.0 Å². The number of ketones is 1. The van der Waals surface area contributed by atoms with Crippen LogP contribution in [0.15, 0.2) is 60.8 Å². The van der Waals surface area contributed by atoms with Crippen LogP contribution in [-0.2, 0) is 16.1 Å². The summed E-state index contributed by atoms with van der Waals surface area (Å²) >= 11 is 6.16. The number of pyridine rings is 1. The lowest BCUT2D eigenvalue weighted by atomic mass is 10.1. The molecule has 9 heteroatoms. The molecule has 0 saturated heterocycles. The summed E-state index contributed by atoms with van der Waals surface area (Å²) in [6, 6.07) is 15.4.